The van der Waals surface area contributed by atoms with Gasteiger partial charge in [0.05, 0.1) is 36.1 Å². The van der Waals surface area contributed by atoms with Gasteiger partial charge in [-0.05, 0) is 22.5 Å². The Morgan fingerprint density at radius 1 is 0.500 bits per heavy atom. The fourth-order valence-corrected chi connectivity index (χ4v) is 11.7. The van der Waals surface area contributed by atoms with Crippen LogP contribution in [0.1, 0.15) is 49.9 Å². The molecule has 4 aromatic carbocycles. The molecule has 0 N–H and O–H groups in total. The normalized spacial score (nSPS) is 17.9. The summed E-state index contributed by atoms with van der Waals surface area (Å²) in [5, 5.41) is 5.32. The van der Waals surface area contributed by atoms with Crippen molar-refractivity contribution >= 4 is 56.9 Å². The van der Waals surface area contributed by atoms with Gasteiger partial charge in [-0.3, -0.25) is 0 Å². The molecule has 0 atom stereocenters. The van der Waals surface area contributed by atoms with E-state index in [0.717, 1.165) is 23.0 Å². The highest BCUT2D eigenvalue weighted by Crippen LogP contribution is 2.48. The van der Waals surface area contributed by atoms with E-state index >= 15 is 0 Å². The van der Waals surface area contributed by atoms with E-state index in [4.69, 9.17) is 9.47 Å². The van der Waals surface area contributed by atoms with Gasteiger partial charge in [-0.15, -0.1) is 0 Å². The van der Waals surface area contributed by atoms with Gasteiger partial charge in [-0.2, -0.15) is 0 Å². The smallest absolute Gasteiger partial charge is 0.131 e. The van der Waals surface area contributed by atoms with Crippen LogP contribution in [0.5, 0.6) is 23.0 Å². The van der Waals surface area contributed by atoms with E-state index in [0.29, 0.717) is 36.1 Å². The van der Waals surface area contributed by atoms with E-state index in [2.05, 4.69) is 100 Å². The van der Waals surface area contributed by atoms with Crippen LogP contribution in [0.2, 0.25) is 0 Å². The van der Waals surface area contributed by atoms with Crippen molar-refractivity contribution in [3.05, 3.63) is 95.1 Å². The number of rotatable bonds is 0. The lowest BCUT2D eigenvalue weighted by Crippen LogP contribution is -2.37. The highest BCUT2D eigenvalue weighted by Gasteiger charge is 2.37. The number of para-hydroxylation sites is 2. The lowest BCUT2D eigenvalue weighted by Gasteiger charge is -2.36. The van der Waals surface area contributed by atoms with Gasteiger partial charge >= 0.3 is 0 Å². The molecule has 3 aliphatic rings. The molecular formula is C30H24O2Si4. The van der Waals surface area contributed by atoms with Crippen molar-refractivity contribution < 1.29 is 9.47 Å². The summed E-state index contributed by atoms with van der Waals surface area (Å²) in [5.41, 5.74) is 4.95. The van der Waals surface area contributed by atoms with Crippen LogP contribution in [-0.2, 0) is 10.8 Å². The number of ether oxygens (including phenoxy) is 2. The molecule has 0 saturated heterocycles. The largest absolute Gasteiger partial charge is 0.457 e. The van der Waals surface area contributed by atoms with E-state index in [1.807, 2.05) is 0 Å². The number of benzene rings is 4. The molecule has 0 unspecified atom stereocenters. The highest BCUT2D eigenvalue weighted by atomic mass is 29.1. The molecule has 0 spiro atoms. The molecule has 0 fully saturated rings. The minimum absolute atomic E-state index is 0.0916. The second-order valence-electron chi connectivity index (χ2n) is 10.7. The van der Waals surface area contributed by atoms with Crippen molar-refractivity contribution in [2.75, 3.05) is 0 Å². The SMILES string of the molecule is CC1(C)c2ccc3cc2Oc2c(cccc21)[Si][Si]c1cccc2c1Oc1cc(ccc1C2(C)C)[Si][Si]3. The predicted molar refractivity (Wildman–Crippen MR) is 152 cm³/mol. The predicted octanol–water partition coefficient (Wildman–Crippen LogP) is 3.41. The standard InChI is InChI=1S/C30H24O2Si4/c1-29(2)19-13-11-17-15-23(19)31-27-21(29)7-5-9-25(27)35-36-26-10-6-8-22-28(26)32-24-16-18(34-33-17)12-14-20(24)30(22,3)4/h5-16H,1-4H3. The first-order chi connectivity index (χ1) is 17.3. The quantitative estimate of drug-likeness (QED) is 0.326. The zero-order valence-corrected chi connectivity index (χ0v) is 24.7. The Morgan fingerprint density at radius 2 is 0.944 bits per heavy atom. The van der Waals surface area contributed by atoms with Gasteiger partial charge in [0.1, 0.15) is 23.0 Å². The monoisotopic (exact) mass is 528 g/mol. The third kappa shape index (κ3) is 3.31. The minimum atomic E-state index is -0.0916. The van der Waals surface area contributed by atoms with Gasteiger partial charge in [-0.25, -0.2) is 0 Å². The lowest BCUT2D eigenvalue weighted by atomic mass is 9.76. The van der Waals surface area contributed by atoms with Gasteiger partial charge in [-0.1, -0.05) is 98.7 Å². The second-order valence-corrected chi connectivity index (χ2v) is 17.0. The number of hydrogen-bond donors (Lipinski definition) is 0. The lowest BCUT2D eigenvalue weighted by molar-refractivity contribution is 0.421. The molecule has 36 heavy (non-hydrogen) atoms. The van der Waals surface area contributed by atoms with Crippen molar-refractivity contribution in [3.63, 3.8) is 0 Å². The second kappa shape index (κ2) is 7.92. The maximum absolute atomic E-state index is 6.72. The Hall–Kier alpha value is -2.65. The molecule has 4 aromatic rings. The van der Waals surface area contributed by atoms with Gasteiger partial charge in [0.25, 0.3) is 0 Å². The topological polar surface area (TPSA) is 18.5 Å². The molecule has 0 aliphatic carbocycles. The Labute approximate surface area is 222 Å². The summed E-state index contributed by atoms with van der Waals surface area (Å²) >= 11 is 0. The number of hydrogen-bond acceptors (Lipinski definition) is 2. The first-order valence-electron chi connectivity index (χ1n) is 12.3. The van der Waals surface area contributed by atoms with Crippen LogP contribution in [0.4, 0.5) is 0 Å². The van der Waals surface area contributed by atoms with Crippen molar-refractivity contribution in [1.29, 1.82) is 0 Å². The van der Waals surface area contributed by atoms with E-state index in [-0.39, 0.29) is 10.8 Å². The molecule has 0 saturated carbocycles. The van der Waals surface area contributed by atoms with Gasteiger partial charge in [0.15, 0.2) is 0 Å². The van der Waals surface area contributed by atoms with Crippen LogP contribution in [0.25, 0.3) is 0 Å². The molecule has 3 heterocycles. The zero-order chi connectivity index (χ0) is 24.7. The number of fused-ring (bicyclic) bond motifs is 2. The molecule has 0 aromatic heterocycles. The Balaban J connectivity index is 1.42. The van der Waals surface area contributed by atoms with Crippen molar-refractivity contribution in [2.24, 2.45) is 0 Å². The average Bonchev–Trinajstić information content (AvgIpc) is 2.86. The van der Waals surface area contributed by atoms with Crippen molar-refractivity contribution in [1.82, 2.24) is 0 Å². The molecule has 6 heteroatoms. The fourth-order valence-electron chi connectivity index (χ4n) is 5.67. The van der Waals surface area contributed by atoms with E-state index in [9.17, 15) is 0 Å². The van der Waals surface area contributed by atoms with Crippen molar-refractivity contribution in [2.45, 2.75) is 38.5 Å². The van der Waals surface area contributed by atoms with E-state index in [1.165, 1.54) is 43.0 Å². The molecule has 3 aliphatic heterocycles. The summed E-state index contributed by atoms with van der Waals surface area (Å²) in [6.45, 7) is 9.32. The van der Waals surface area contributed by atoms with Gasteiger partial charge in [0, 0.05) is 33.1 Å². The van der Waals surface area contributed by atoms with Crippen LogP contribution in [0, 0.1) is 0 Å². The summed E-state index contributed by atoms with van der Waals surface area (Å²) in [5.74, 6) is 4.18. The summed E-state index contributed by atoms with van der Waals surface area (Å²) in [6.07, 6.45) is 0. The molecule has 6 bridgehead atoms. The molecular weight excluding hydrogens is 505 g/mol. The fraction of sp³-hybridized carbons (Fsp3) is 0.200. The molecule has 172 valence electrons. The third-order valence-electron chi connectivity index (χ3n) is 7.79. The summed E-state index contributed by atoms with van der Waals surface area (Å²) in [6, 6.07) is 27.2. The summed E-state index contributed by atoms with van der Waals surface area (Å²) in [4.78, 5) is 0. The first-order valence-corrected chi connectivity index (χ1v) is 18.3. The molecule has 2 nitrogen and oxygen atoms in total. The van der Waals surface area contributed by atoms with Crippen molar-refractivity contribution in [3.8, 4) is 23.0 Å². The van der Waals surface area contributed by atoms with Crippen LogP contribution >= 0.6 is 0 Å². The Kier molecular flexibility index (Phi) is 4.96. The van der Waals surface area contributed by atoms with Crippen LogP contribution in [0.3, 0.4) is 0 Å². The third-order valence-corrected chi connectivity index (χ3v) is 14.7. The van der Waals surface area contributed by atoms with Crippen LogP contribution in [0.15, 0.2) is 72.8 Å². The van der Waals surface area contributed by atoms with E-state index < -0.39 is 0 Å². The van der Waals surface area contributed by atoms with E-state index in [1.54, 1.807) is 0 Å². The Bertz CT molecular complexity index is 1440. The van der Waals surface area contributed by atoms with Gasteiger partial charge in [0.2, 0.25) is 0 Å². The minimum Gasteiger partial charge on any atom is -0.457 e. The summed E-state index contributed by atoms with van der Waals surface area (Å²) < 4.78 is 13.4. The maximum Gasteiger partial charge on any atom is 0.131 e. The maximum atomic E-state index is 6.72. The molecule has 7 rings (SSSR count). The van der Waals surface area contributed by atoms with Crippen LogP contribution in [-0.4, -0.2) is 36.1 Å². The van der Waals surface area contributed by atoms with Gasteiger partial charge < -0.3 is 9.47 Å². The zero-order valence-electron chi connectivity index (χ0n) is 20.7. The average molecular weight is 529 g/mol. The summed E-state index contributed by atoms with van der Waals surface area (Å²) in [7, 11) is 2.66. The molecule has 0 amide bonds. The molecule has 8 radical (unpaired) electrons. The highest BCUT2D eigenvalue weighted by molar-refractivity contribution is 7.13. The van der Waals surface area contributed by atoms with Crippen LogP contribution < -0.4 is 30.2 Å². The Morgan fingerprint density at radius 3 is 1.39 bits per heavy atom. The first kappa shape index (κ1) is 22.5.